The fraction of sp³-hybridized carbons (Fsp3) is 0.571. The summed E-state index contributed by atoms with van der Waals surface area (Å²) in [6, 6.07) is 0. The Morgan fingerprint density at radius 2 is 2.38 bits per heavy atom. The molecule has 0 spiro atoms. The van der Waals surface area contributed by atoms with Crippen LogP contribution in [0.4, 0.5) is 5.82 Å². The summed E-state index contributed by atoms with van der Waals surface area (Å²) in [5.74, 6) is -0.204. The molecule has 0 atom stereocenters. The van der Waals surface area contributed by atoms with Gasteiger partial charge in [-0.3, -0.25) is 0 Å². The van der Waals surface area contributed by atoms with Crippen molar-refractivity contribution in [1.82, 2.24) is 9.55 Å². The number of hydrogen-bond acceptors (Lipinski definition) is 4. The van der Waals surface area contributed by atoms with Crippen LogP contribution in [0.3, 0.4) is 0 Å². The second-order valence-electron chi connectivity index (χ2n) is 3.47. The van der Waals surface area contributed by atoms with E-state index in [9.17, 15) is 15.2 Å². The molecule has 0 fully saturated rings. The Balaban J connectivity index is 2.75. The number of aromatic nitrogens is 2. The molecule has 0 unspecified atom stereocenters. The van der Waals surface area contributed by atoms with Gasteiger partial charge in [-0.2, -0.15) is 0 Å². The van der Waals surface area contributed by atoms with Crippen LogP contribution >= 0.6 is 0 Å². The lowest BCUT2D eigenvalue weighted by molar-refractivity contribution is -0.389. The summed E-state index contributed by atoms with van der Waals surface area (Å²) >= 11 is 0. The maximum Gasteiger partial charge on any atom is 0.381 e. The quantitative estimate of drug-likeness (QED) is 0.551. The highest BCUT2D eigenvalue weighted by Crippen LogP contribution is 2.10. The molecule has 1 rings (SSSR count). The van der Waals surface area contributed by atoms with Gasteiger partial charge in [-0.25, -0.2) is 0 Å². The van der Waals surface area contributed by atoms with Crippen LogP contribution in [-0.2, 0) is 6.54 Å². The Labute approximate surface area is 75.0 Å². The fourth-order valence-corrected chi connectivity index (χ4v) is 0.976. The van der Waals surface area contributed by atoms with Crippen molar-refractivity contribution in [3.05, 3.63) is 22.6 Å². The van der Waals surface area contributed by atoms with E-state index in [0.29, 0.717) is 0 Å². The molecular weight excluding hydrogens is 174 g/mol. The molecule has 1 aromatic rings. The van der Waals surface area contributed by atoms with Crippen LogP contribution in [-0.4, -0.2) is 25.2 Å². The number of aliphatic hydroxyl groups is 1. The normalized spacial score (nSPS) is 11.6. The van der Waals surface area contributed by atoms with Gasteiger partial charge in [0.05, 0.1) is 12.1 Å². The molecule has 1 N–H and O–H groups in total. The van der Waals surface area contributed by atoms with Gasteiger partial charge in [0.15, 0.2) is 0 Å². The van der Waals surface area contributed by atoms with Gasteiger partial charge >= 0.3 is 5.82 Å². The van der Waals surface area contributed by atoms with Gasteiger partial charge in [0.2, 0.25) is 6.33 Å². The van der Waals surface area contributed by atoms with Gasteiger partial charge in [-0.1, -0.05) is 0 Å². The Bertz CT molecular complexity index is 313. The Kier molecular flexibility index (Phi) is 2.33. The van der Waals surface area contributed by atoms with Gasteiger partial charge in [0, 0.05) is 0 Å². The number of hydrogen-bond donors (Lipinski definition) is 1. The first-order chi connectivity index (χ1) is 5.88. The van der Waals surface area contributed by atoms with Crippen LogP contribution in [0.5, 0.6) is 0 Å². The van der Waals surface area contributed by atoms with E-state index in [2.05, 4.69) is 4.98 Å². The summed E-state index contributed by atoms with van der Waals surface area (Å²) in [6.07, 6.45) is 2.62. The minimum Gasteiger partial charge on any atom is -0.389 e. The molecule has 0 saturated heterocycles. The first kappa shape index (κ1) is 9.66. The first-order valence-corrected chi connectivity index (χ1v) is 3.77. The van der Waals surface area contributed by atoms with Crippen LogP contribution in [0, 0.1) is 10.1 Å². The molecule has 1 aromatic heterocycles. The Morgan fingerprint density at radius 3 is 2.77 bits per heavy atom. The van der Waals surface area contributed by atoms with E-state index >= 15 is 0 Å². The lowest BCUT2D eigenvalue weighted by Gasteiger charge is -2.15. The summed E-state index contributed by atoms with van der Waals surface area (Å²) in [4.78, 5) is 13.2. The van der Waals surface area contributed by atoms with E-state index in [4.69, 9.17) is 0 Å². The molecule has 13 heavy (non-hydrogen) atoms. The third-order valence-corrected chi connectivity index (χ3v) is 1.38. The highest BCUT2D eigenvalue weighted by molar-refractivity contribution is 5.12. The molecule has 1 heterocycles. The van der Waals surface area contributed by atoms with Gasteiger partial charge in [0.25, 0.3) is 0 Å². The number of imidazole rings is 1. The third kappa shape index (κ3) is 2.83. The van der Waals surface area contributed by atoms with Crippen molar-refractivity contribution in [3.63, 3.8) is 0 Å². The predicted octanol–water partition coefficient (Wildman–Crippen LogP) is 0.562. The molecule has 72 valence electrons. The van der Waals surface area contributed by atoms with E-state index in [-0.39, 0.29) is 12.4 Å². The van der Waals surface area contributed by atoms with E-state index in [1.165, 1.54) is 17.1 Å². The number of nitrogens with zero attached hydrogens (tertiary/aromatic N) is 3. The van der Waals surface area contributed by atoms with E-state index in [0.717, 1.165) is 0 Å². The standard InChI is InChI=1S/C7H11N3O3/c1-7(2,11)4-9-3-6(8-5-9)10(12)13/h3,5,11H,4H2,1-2H3. The molecule has 0 saturated carbocycles. The number of nitro groups is 1. The van der Waals surface area contributed by atoms with Crippen LogP contribution < -0.4 is 0 Å². The van der Waals surface area contributed by atoms with Crippen molar-refractivity contribution in [3.8, 4) is 0 Å². The van der Waals surface area contributed by atoms with Crippen LogP contribution in [0.15, 0.2) is 12.5 Å². The maximum atomic E-state index is 10.2. The van der Waals surface area contributed by atoms with Crippen molar-refractivity contribution in [2.45, 2.75) is 26.0 Å². The molecule has 6 heteroatoms. The SMILES string of the molecule is CC(C)(O)Cn1cnc([N+](=O)[O-])c1. The van der Waals surface area contributed by atoms with Crippen molar-refractivity contribution in [2.75, 3.05) is 0 Å². The van der Waals surface area contributed by atoms with Crippen LogP contribution in [0.1, 0.15) is 13.8 Å². The van der Waals surface area contributed by atoms with Gasteiger partial charge in [0.1, 0.15) is 6.20 Å². The lowest BCUT2D eigenvalue weighted by Crippen LogP contribution is -2.25. The van der Waals surface area contributed by atoms with Crippen molar-refractivity contribution >= 4 is 5.82 Å². The van der Waals surface area contributed by atoms with E-state index < -0.39 is 10.5 Å². The third-order valence-electron chi connectivity index (χ3n) is 1.38. The monoisotopic (exact) mass is 185 g/mol. The van der Waals surface area contributed by atoms with E-state index in [1.54, 1.807) is 13.8 Å². The smallest absolute Gasteiger partial charge is 0.381 e. The Morgan fingerprint density at radius 1 is 1.77 bits per heavy atom. The largest absolute Gasteiger partial charge is 0.389 e. The topological polar surface area (TPSA) is 81.2 Å². The molecule has 0 bridgehead atoms. The summed E-state index contributed by atoms with van der Waals surface area (Å²) in [5, 5.41) is 19.6. The summed E-state index contributed by atoms with van der Waals surface area (Å²) in [7, 11) is 0. The molecule has 0 aliphatic rings. The highest BCUT2D eigenvalue weighted by Gasteiger charge is 2.16. The minimum absolute atomic E-state index is 0.204. The molecule has 0 aromatic carbocycles. The predicted molar refractivity (Wildman–Crippen MR) is 45.2 cm³/mol. The molecule has 6 nitrogen and oxygen atoms in total. The summed E-state index contributed by atoms with van der Waals surface area (Å²) in [6.45, 7) is 3.53. The highest BCUT2D eigenvalue weighted by atomic mass is 16.6. The van der Waals surface area contributed by atoms with Gasteiger partial charge in [-0.05, 0) is 23.8 Å². The second-order valence-corrected chi connectivity index (χ2v) is 3.47. The molecular formula is C7H11N3O3. The molecule has 0 aliphatic carbocycles. The minimum atomic E-state index is -0.894. The van der Waals surface area contributed by atoms with Crippen molar-refractivity contribution < 1.29 is 10.0 Å². The summed E-state index contributed by atoms with van der Waals surface area (Å²) < 4.78 is 1.48. The zero-order valence-corrected chi connectivity index (χ0v) is 7.47. The van der Waals surface area contributed by atoms with Gasteiger partial charge in [-0.15, -0.1) is 0 Å². The van der Waals surface area contributed by atoms with Gasteiger partial charge < -0.3 is 19.8 Å². The fourth-order valence-electron chi connectivity index (χ4n) is 0.976. The molecule has 0 amide bonds. The second kappa shape index (κ2) is 3.14. The summed E-state index contributed by atoms with van der Waals surface area (Å²) in [5.41, 5.74) is -0.894. The Hall–Kier alpha value is -1.43. The maximum absolute atomic E-state index is 10.2. The number of rotatable bonds is 3. The molecule has 0 radical (unpaired) electrons. The average Bonchev–Trinajstić information content (AvgIpc) is 2.31. The van der Waals surface area contributed by atoms with Crippen molar-refractivity contribution in [1.29, 1.82) is 0 Å². The van der Waals surface area contributed by atoms with Crippen LogP contribution in [0.2, 0.25) is 0 Å². The van der Waals surface area contributed by atoms with E-state index in [1.807, 2.05) is 0 Å². The lowest BCUT2D eigenvalue weighted by atomic mass is 10.1. The zero-order chi connectivity index (χ0) is 10.1. The average molecular weight is 185 g/mol. The first-order valence-electron chi connectivity index (χ1n) is 3.77. The van der Waals surface area contributed by atoms with Crippen LogP contribution in [0.25, 0.3) is 0 Å². The molecule has 0 aliphatic heterocycles. The van der Waals surface area contributed by atoms with Crippen molar-refractivity contribution in [2.24, 2.45) is 0 Å². The zero-order valence-electron chi connectivity index (χ0n) is 7.47.